The molecule has 0 radical (unpaired) electrons. The van der Waals surface area contributed by atoms with Crippen molar-refractivity contribution in [3.8, 4) is 0 Å². The maximum absolute atomic E-state index is 11.3. The molecule has 0 N–H and O–H groups in total. The number of aryl methyl sites for hydroxylation is 1. The molecule has 8 heteroatoms. The minimum Gasteiger partial charge on any atom is -0.340 e. The Morgan fingerprint density at radius 1 is 1.29 bits per heavy atom. The van der Waals surface area contributed by atoms with E-state index in [1.807, 2.05) is 0 Å². The molecule has 1 aliphatic rings. The zero-order valence-electron chi connectivity index (χ0n) is 9.96. The van der Waals surface area contributed by atoms with Crippen LogP contribution < -0.4 is 0 Å². The number of aromatic nitrogens is 2. The average molecular weight is 260 g/mol. The molecule has 0 saturated carbocycles. The third-order valence-electron chi connectivity index (χ3n) is 2.73. The molecule has 0 bridgehead atoms. The minimum absolute atomic E-state index is 0.523. The van der Waals surface area contributed by atoms with Crippen molar-refractivity contribution in [3.63, 3.8) is 0 Å². The first-order valence-electron chi connectivity index (χ1n) is 5.42. The van der Waals surface area contributed by atoms with Gasteiger partial charge in [0.05, 0.1) is 12.8 Å². The van der Waals surface area contributed by atoms with Gasteiger partial charge in [-0.05, 0) is 0 Å². The van der Waals surface area contributed by atoms with E-state index in [1.165, 1.54) is 10.6 Å². The van der Waals surface area contributed by atoms with Crippen LogP contribution in [0.2, 0.25) is 0 Å². The van der Waals surface area contributed by atoms with Crippen LogP contribution in [0.4, 0.5) is 0 Å². The molecule has 1 aliphatic heterocycles. The van der Waals surface area contributed by atoms with E-state index < -0.39 is 10.0 Å². The van der Waals surface area contributed by atoms with Crippen molar-refractivity contribution in [1.29, 1.82) is 0 Å². The summed E-state index contributed by atoms with van der Waals surface area (Å²) in [4.78, 5) is 6.24. The molecular weight excluding hydrogens is 244 g/mol. The Morgan fingerprint density at radius 3 is 2.41 bits per heavy atom. The number of hydrogen-bond acceptors (Lipinski definition) is 6. The topological polar surface area (TPSA) is 79.5 Å². The molecule has 0 unspecified atom stereocenters. The van der Waals surface area contributed by atoms with E-state index in [0.29, 0.717) is 44.4 Å². The second-order valence-corrected chi connectivity index (χ2v) is 6.15. The van der Waals surface area contributed by atoms with E-state index in [4.69, 9.17) is 4.52 Å². The van der Waals surface area contributed by atoms with E-state index in [0.717, 1.165) is 0 Å². The first-order chi connectivity index (χ1) is 7.95. The molecular formula is C9H16N4O3S. The molecule has 2 heterocycles. The van der Waals surface area contributed by atoms with Gasteiger partial charge < -0.3 is 4.52 Å². The number of piperazine rings is 1. The molecule has 1 aromatic rings. The van der Waals surface area contributed by atoms with E-state index in [2.05, 4.69) is 15.0 Å². The van der Waals surface area contributed by atoms with Crippen LogP contribution in [0, 0.1) is 6.92 Å². The van der Waals surface area contributed by atoms with Crippen molar-refractivity contribution in [2.45, 2.75) is 13.5 Å². The predicted molar refractivity (Wildman–Crippen MR) is 60.7 cm³/mol. The van der Waals surface area contributed by atoms with Gasteiger partial charge >= 0.3 is 0 Å². The van der Waals surface area contributed by atoms with Crippen molar-refractivity contribution in [2.24, 2.45) is 0 Å². The van der Waals surface area contributed by atoms with Crippen molar-refractivity contribution in [3.05, 3.63) is 11.7 Å². The Morgan fingerprint density at radius 2 is 1.94 bits per heavy atom. The molecule has 0 spiro atoms. The molecule has 0 amide bonds. The van der Waals surface area contributed by atoms with Crippen LogP contribution in [-0.4, -0.2) is 60.2 Å². The average Bonchev–Trinajstić information content (AvgIpc) is 2.63. The fourth-order valence-corrected chi connectivity index (χ4v) is 2.65. The van der Waals surface area contributed by atoms with Gasteiger partial charge in [-0.25, -0.2) is 8.42 Å². The van der Waals surface area contributed by atoms with Gasteiger partial charge in [-0.15, -0.1) is 0 Å². The lowest BCUT2D eigenvalue weighted by molar-refractivity contribution is 0.177. The van der Waals surface area contributed by atoms with E-state index in [-0.39, 0.29) is 0 Å². The van der Waals surface area contributed by atoms with E-state index in [9.17, 15) is 8.42 Å². The molecule has 17 heavy (non-hydrogen) atoms. The normalized spacial score (nSPS) is 19.6. The maximum atomic E-state index is 11.3. The fraction of sp³-hybridized carbons (Fsp3) is 0.778. The standard InChI is InChI=1S/C9H16N4O3S/c1-8-10-9(11-16-8)7-12-3-5-13(6-4-12)17(2,14)15/h3-7H2,1-2H3. The van der Waals surface area contributed by atoms with Gasteiger partial charge in [-0.2, -0.15) is 9.29 Å². The van der Waals surface area contributed by atoms with Crippen molar-refractivity contribution < 1.29 is 12.9 Å². The van der Waals surface area contributed by atoms with Gasteiger partial charge in [-0.1, -0.05) is 5.16 Å². The highest BCUT2D eigenvalue weighted by atomic mass is 32.2. The first kappa shape index (κ1) is 12.5. The molecule has 0 aromatic carbocycles. The summed E-state index contributed by atoms with van der Waals surface area (Å²) in [6, 6.07) is 0. The van der Waals surface area contributed by atoms with Crippen molar-refractivity contribution in [1.82, 2.24) is 19.3 Å². The monoisotopic (exact) mass is 260 g/mol. The van der Waals surface area contributed by atoms with E-state index >= 15 is 0 Å². The van der Waals surface area contributed by atoms with Crippen LogP contribution in [-0.2, 0) is 16.6 Å². The fourth-order valence-electron chi connectivity index (χ4n) is 1.82. The van der Waals surface area contributed by atoms with Gasteiger partial charge in [0.2, 0.25) is 15.9 Å². The summed E-state index contributed by atoms with van der Waals surface area (Å²) < 4.78 is 29.0. The summed E-state index contributed by atoms with van der Waals surface area (Å²) in [6.45, 7) is 4.79. The second-order valence-electron chi connectivity index (χ2n) is 4.17. The highest BCUT2D eigenvalue weighted by molar-refractivity contribution is 7.88. The Kier molecular flexibility index (Phi) is 3.45. The van der Waals surface area contributed by atoms with Crippen molar-refractivity contribution in [2.75, 3.05) is 32.4 Å². The predicted octanol–water partition coefficient (Wildman–Crippen LogP) is -0.545. The molecule has 96 valence electrons. The summed E-state index contributed by atoms with van der Waals surface area (Å²) in [6.07, 6.45) is 1.24. The Bertz CT molecular complexity index is 476. The number of nitrogens with zero attached hydrogens (tertiary/aromatic N) is 4. The van der Waals surface area contributed by atoms with Crippen molar-refractivity contribution >= 4 is 10.0 Å². The Hall–Kier alpha value is -0.990. The summed E-state index contributed by atoms with van der Waals surface area (Å²) in [5.74, 6) is 1.20. The van der Waals surface area contributed by atoms with Crippen LogP contribution in [0.5, 0.6) is 0 Å². The summed E-state index contributed by atoms with van der Waals surface area (Å²) >= 11 is 0. The summed E-state index contributed by atoms with van der Waals surface area (Å²) in [5, 5.41) is 3.82. The number of hydrogen-bond donors (Lipinski definition) is 0. The molecule has 1 saturated heterocycles. The summed E-state index contributed by atoms with van der Waals surface area (Å²) in [5.41, 5.74) is 0. The second kappa shape index (κ2) is 4.71. The largest absolute Gasteiger partial charge is 0.340 e. The van der Waals surface area contributed by atoms with Gasteiger partial charge in [0.1, 0.15) is 0 Å². The van der Waals surface area contributed by atoms with Gasteiger partial charge in [0.15, 0.2) is 5.82 Å². The molecule has 0 atom stereocenters. The summed E-state index contributed by atoms with van der Waals surface area (Å²) in [7, 11) is -3.06. The highest BCUT2D eigenvalue weighted by Crippen LogP contribution is 2.08. The SMILES string of the molecule is Cc1nc(CN2CCN(S(C)(=O)=O)CC2)no1. The highest BCUT2D eigenvalue weighted by Gasteiger charge is 2.23. The van der Waals surface area contributed by atoms with Gasteiger partial charge in [0, 0.05) is 33.1 Å². The van der Waals surface area contributed by atoms with Crippen LogP contribution in [0.1, 0.15) is 11.7 Å². The lowest BCUT2D eigenvalue weighted by Crippen LogP contribution is -2.47. The Balaban J connectivity index is 1.87. The molecule has 1 fully saturated rings. The smallest absolute Gasteiger partial charge is 0.223 e. The van der Waals surface area contributed by atoms with Crippen LogP contribution >= 0.6 is 0 Å². The molecule has 1 aromatic heterocycles. The zero-order valence-corrected chi connectivity index (χ0v) is 10.8. The number of rotatable bonds is 3. The first-order valence-corrected chi connectivity index (χ1v) is 7.26. The quantitative estimate of drug-likeness (QED) is 0.726. The third-order valence-corrected chi connectivity index (χ3v) is 4.04. The third kappa shape index (κ3) is 3.24. The lowest BCUT2D eigenvalue weighted by Gasteiger charge is -2.32. The van der Waals surface area contributed by atoms with Crippen LogP contribution in [0.3, 0.4) is 0 Å². The van der Waals surface area contributed by atoms with Gasteiger partial charge in [-0.3, -0.25) is 4.90 Å². The van der Waals surface area contributed by atoms with Crippen LogP contribution in [0.25, 0.3) is 0 Å². The van der Waals surface area contributed by atoms with Crippen LogP contribution in [0.15, 0.2) is 4.52 Å². The van der Waals surface area contributed by atoms with Gasteiger partial charge in [0.25, 0.3) is 0 Å². The zero-order chi connectivity index (χ0) is 12.5. The molecule has 2 rings (SSSR count). The Labute approximate surface area is 100 Å². The lowest BCUT2D eigenvalue weighted by atomic mass is 10.3. The maximum Gasteiger partial charge on any atom is 0.223 e. The minimum atomic E-state index is -3.06. The molecule has 7 nitrogen and oxygen atoms in total. The van der Waals surface area contributed by atoms with E-state index in [1.54, 1.807) is 6.92 Å². The molecule has 0 aliphatic carbocycles. The number of sulfonamides is 1.